The van der Waals surface area contributed by atoms with Crippen LogP contribution in [0.15, 0.2) is 69.8 Å². The lowest BCUT2D eigenvalue weighted by Crippen LogP contribution is -2.17. The average molecular weight is 468 g/mol. The Morgan fingerprint density at radius 1 is 1.10 bits per heavy atom. The summed E-state index contributed by atoms with van der Waals surface area (Å²) in [6.07, 6.45) is 0.939. The molecule has 0 fully saturated rings. The van der Waals surface area contributed by atoms with Gasteiger partial charge in [-0.15, -0.1) is 0 Å². The third-order valence-corrected chi connectivity index (χ3v) is 5.92. The summed E-state index contributed by atoms with van der Waals surface area (Å²) >= 11 is 5.07. The zero-order chi connectivity index (χ0) is 20.2. The third kappa shape index (κ3) is 4.70. The molecule has 0 aliphatic carbocycles. The Bertz CT molecular complexity index is 1140. The van der Waals surface area contributed by atoms with E-state index in [0.717, 1.165) is 39.6 Å². The highest BCUT2D eigenvalue weighted by atomic mass is 79.9. The number of nitrogens with one attached hydrogen (secondary N) is 1. The Balaban J connectivity index is 1.56. The Labute approximate surface area is 180 Å². The van der Waals surface area contributed by atoms with Gasteiger partial charge in [0.2, 0.25) is 0 Å². The van der Waals surface area contributed by atoms with Gasteiger partial charge in [0.25, 0.3) is 5.69 Å². The molecule has 2 aromatic heterocycles. The third-order valence-electron chi connectivity index (χ3n) is 4.70. The van der Waals surface area contributed by atoms with Crippen molar-refractivity contribution in [2.45, 2.75) is 13.0 Å². The first-order chi connectivity index (χ1) is 14.1. The maximum Gasteiger partial charge on any atom is 0.271 e. The van der Waals surface area contributed by atoms with Crippen molar-refractivity contribution < 1.29 is 4.92 Å². The number of hydrogen-bond acceptors (Lipinski definition) is 5. The van der Waals surface area contributed by atoms with E-state index in [0.29, 0.717) is 12.1 Å². The highest BCUT2D eigenvalue weighted by Crippen LogP contribution is 2.29. The molecule has 0 amide bonds. The topological polar surface area (TPSA) is 68.1 Å². The van der Waals surface area contributed by atoms with Gasteiger partial charge in [0.05, 0.1) is 16.1 Å². The summed E-state index contributed by atoms with van der Waals surface area (Å²) in [6.45, 7) is 1.53. The number of benzene rings is 2. The van der Waals surface area contributed by atoms with E-state index in [1.165, 1.54) is 17.7 Å². The van der Waals surface area contributed by atoms with Gasteiger partial charge in [-0.2, -0.15) is 11.3 Å². The van der Waals surface area contributed by atoms with E-state index in [-0.39, 0.29) is 10.6 Å². The Morgan fingerprint density at radius 2 is 1.93 bits per heavy atom. The number of nitro groups is 1. The van der Waals surface area contributed by atoms with Crippen molar-refractivity contribution in [3.8, 4) is 11.3 Å². The molecular formula is C22H18BrN3O2S. The van der Waals surface area contributed by atoms with Crippen molar-refractivity contribution in [2.75, 3.05) is 6.54 Å². The maximum absolute atomic E-state index is 11.1. The highest BCUT2D eigenvalue weighted by molar-refractivity contribution is 9.10. The molecule has 4 rings (SSSR count). The molecule has 29 heavy (non-hydrogen) atoms. The monoisotopic (exact) mass is 467 g/mol. The van der Waals surface area contributed by atoms with Gasteiger partial charge in [0.15, 0.2) is 0 Å². The Kier molecular flexibility index (Phi) is 5.99. The number of rotatable bonds is 7. The van der Waals surface area contributed by atoms with Gasteiger partial charge in [0, 0.05) is 39.5 Å². The van der Waals surface area contributed by atoms with Gasteiger partial charge in [-0.25, -0.2) is 4.98 Å². The van der Waals surface area contributed by atoms with Crippen LogP contribution in [0.1, 0.15) is 11.1 Å². The molecule has 0 bridgehead atoms. The van der Waals surface area contributed by atoms with E-state index >= 15 is 0 Å². The van der Waals surface area contributed by atoms with Crippen molar-refractivity contribution in [3.05, 3.63) is 91.1 Å². The predicted molar refractivity (Wildman–Crippen MR) is 121 cm³/mol. The molecule has 0 saturated carbocycles. The fraction of sp³-hybridized carbons (Fsp3) is 0.136. The Hall–Kier alpha value is -2.61. The number of non-ortho nitro benzene ring substituents is 1. The average Bonchev–Trinajstić information content (AvgIpc) is 3.26. The highest BCUT2D eigenvalue weighted by Gasteiger charge is 2.13. The number of aromatic nitrogens is 1. The van der Waals surface area contributed by atoms with Crippen molar-refractivity contribution in [1.82, 2.24) is 10.3 Å². The van der Waals surface area contributed by atoms with Gasteiger partial charge in [-0.1, -0.05) is 28.1 Å². The van der Waals surface area contributed by atoms with Crippen LogP contribution >= 0.6 is 27.3 Å². The van der Waals surface area contributed by atoms with Crippen LogP contribution in [-0.4, -0.2) is 16.5 Å². The van der Waals surface area contributed by atoms with Crippen LogP contribution in [0.2, 0.25) is 0 Å². The minimum atomic E-state index is -0.386. The van der Waals surface area contributed by atoms with Crippen molar-refractivity contribution in [2.24, 2.45) is 0 Å². The van der Waals surface area contributed by atoms with E-state index in [2.05, 4.69) is 57.0 Å². The molecule has 0 atom stereocenters. The lowest BCUT2D eigenvalue weighted by atomic mass is 10.0. The van der Waals surface area contributed by atoms with Crippen molar-refractivity contribution in [1.29, 1.82) is 0 Å². The number of thiophene rings is 1. The molecule has 2 heterocycles. The fourth-order valence-electron chi connectivity index (χ4n) is 3.20. The summed E-state index contributed by atoms with van der Waals surface area (Å²) in [5.74, 6) is 0. The molecule has 5 nitrogen and oxygen atoms in total. The largest absolute Gasteiger partial charge is 0.312 e. The van der Waals surface area contributed by atoms with Gasteiger partial charge in [-0.3, -0.25) is 10.1 Å². The summed E-state index contributed by atoms with van der Waals surface area (Å²) < 4.78 is 1.08. The first-order valence-electron chi connectivity index (χ1n) is 9.16. The smallest absolute Gasteiger partial charge is 0.271 e. The molecule has 0 unspecified atom stereocenters. The molecule has 0 aliphatic rings. The lowest BCUT2D eigenvalue weighted by molar-refractivity contribution is -0.384. The van der Waals surface area contributed by atoms with Crippen LogP contribution in [0.4, 0.5) is 5.69 Å². The molecule has 0 aliphatic heterocycles. The zero-order valence-corrected chi connectivity index (χ0v) is 17.9. The molecule has 1 N–H and O–H groups in total. The normalized spacial score (nSPS) is 11.1. The second-order valence-corrected chi connectivity index (χ2v) is 8.39. The molecular weight excluding hydrogens is 450 g/mol. The summed E-state index contributed by atoms with van der Waals surface area (Å²) in [5.41, 5.74) is 4.97. The van der Waals surface area contributed by atoms with Crippen LogP contribution in [0.3, 0.4) is 0 Å². The number of nitro benzene ring substituents is 1. The molecule has 0 saturated heterocycles. The minimum Gasteiger partial charge on any atom is -0.312 e. The van der Waals surface area contributed by atoms with Crippen LogP contribution in [0.5, 0.6) is 0 Å². The van der Waals surface area contributed by atoms with Crippen molar-refractivity contribution in [3.63, 3.8) is 0 Å². The summed E-state index contributed by atoms with van der Waals surface area (Å²) in [7, 11) is 0. The van der Waals surface area contributed by atoms with Crippen molar-refractivity contribution >= 4 is 43.9 Å². The minimum absolute atomic E-state index is 0.0571. The van der Waals surface area contributed by atoms with Crippen LogP contribution in [0.25, 0.3) is 22.2 Å². The first kappa shape index (κ1) is 19.7. The maximum atomic E-state index is 11.1. The second kappa shape index (κ2) is 8.82. The number of halogens is 1. The van der Waals surface area contributed by atoms with E-state index in [1.54, 1.807) is 17.4 Å². The molecule has 146 valence electrons. The number of nitrogens with zero attached hydrogens (tertiary/aromatic N) is 2. The summed E-state index contributed by atoms with van der Waals surface area (Å²) in [6, 6.07) is 17.3. The zero-order valence-electron chi connectivity index (χ0n) is 15.5. The van der Waals surface area contributed by atoms with E-state index in [4.69, 9.17) is 4.98 Å². The first-order valence-corrected chi connectivity index (χ1v) is 10.9. The van der Waals surface area contributed by atoms with Crippen LogP contribution in [0, 0.1) is 10.1 Å². The quantitative estimate of drug-likeness (QED) is 0.206. The number of hydrogen-bond donors (Lipinski definition) is 1. The molecule has 4 aromatic rings. The molecule has 0 spiro atoms. The predicted octanol–water partition coefficient (Wildman–Crippen LogP) is 5.97. The number of pyridine rings is 1. The Morgan fingerprint density at radius 3 is 2.66 bits per heavy atom. The SMILES string of the molecule is O=[N+]([O-])c1ccc2cc(CNCCc3ccc(Br)cc3)c(-c3ccsc3)nc2c1. The second-order valence-electron chi connectivity index (χ2n) is 6.70. The van der Waals surface area contributed by atoms with Gasteiger partial charge in [0.1, 0.15) is 0 Å². The molecule has 2 aromatic carbocycles. The van der Waals surface area contributed by atoms with E-state index in [1.807, 2.05) is 11.4 Å². The van der Waals surface area contributed by atoms with Crippen LogP contribution < -0.4 is 5.32 Å². The number of fused-ring (bicyclic) bond motifs is 1. The standard InChI is InChI=1S/C22H18BrN3O2S/c23-19-4-1-15(2-5-19)7-9-24-13-18-11-16-3-6-20(26(27)28)12-21(16)25-22(18)17-8-10-29-14-17/h1-6,8,10-12,14,24H,7,9,13H2. The summed E-state index contributed by atoms with van der Waals surface area (Å²) in [5, 5.41) is 19.6. The molecule has 7 heteroatoms. The summed E-state index contributed by atoms with van der Waals surface area (Å²) in [4.78, 5) is 15.5. The van der Waals surface area contributed by atoms with Gasteiger partial charge in [-0.05, 0) is 59.8 Å². The van der Waals surface area contributed by atoms with E-state index < -0.39 is 0 Å². The van der Waals surface area contributed by atoms with Crippen LogP contribution in [-0.2, 0) is 13.0 Å². The van der Waals surface area contributed by atoms with E-state index in [9.17, 15) is 10.1 Å². The van der Waals surface area contributed by atoms with Gasteiger partial charge < -0.3 is 5.32 Å². The van der Waals surface area contributed by atoms with Gasteiger partial charge >= 0.3 is 0 Å². The molecule has 0 radical (unpaired) electrons. The lowest BCUT2D eigenvalue weighted by Gasteiger charge is -2.11. The fourth-order valence-corrected chi connectivity index (χ4v) is 4.11.